The molecule has 0 unspecified atom stereocenters. The number of aromatic amines is 1. The Bertz CT molecular complexity index is 1160. The number of nitrogens with one attached hydrogen (secondary N) is 2. The summed E-state index contributed by atoms with van der Waals surface area (Å²) in [5.74, 6) is -2.84. The molecular weight excluding hydrogens is 388 g/mol. The van der Waals surface area contributed by atoms with E-state index in [1.807, 2.05) is 4.72 Å². The van der Waals surface area contributed by atoms with Crippen molar-refractivity contribution in [2.75, 3.05) is 0 Å². The molecule has 0 aliphatic carbocycles. The number of aryl methyl sites for hydroxylation is 2. The zero-order valence-electron chi connectivity index (χ0n) is 15.1. The molecular formula is C19H17F2N3O3S. The largest absolute Gasteiger partial charge is 0.341 e. The molecule has 2 aromatic carbocycles. The van der Waals surface area contributed by atoms with Gasteiger partial charge in [-0.2, -0.15) is 0 Å². The second-order valence-corrected chi connectivity index (χ2v) is 7.75. The Balaban J connectivity index is 1.95. The van der Waals surface area contributed by atoms with Crippen LogP contribution >= 0.6 is 0 Å². The van der Waals surface area contributed by atoms with Crippen LogP contribution in [-0.2, 0) is 16.4 Å². The fourth-order valence-corrected chi connectivity index (χ4v) is 3.92. The molecule has 0 saturated heterocycles. The van der Waals surface area contributed by atoms with E-state index in [-0.39, 0.29) is 22.0 Å². The van der Waals surface area contributed by atoms with E-state index >= 15 is 0 Å². The average molecular weight is 405 g/mol. The number of aromatic nitrogens is 2. The van der Waals surface area contributed by atoms with Crippen molar-refractivity contribution in [2.24, 2.45) is 0 Å². The number of imidazole rings is 1. The minimum Gasteiger partial charge on any atom is -0.341 e. The summed E-state index contributed by atoms with van der Waals surface area (Å²) in [6.07, 6.45) is 0.351. The standard InChI is InChI=1S/C19H17F2N3O3S/c1-3-15-17(23-18(22-15)12-8-9-13(20)14(21)10-12)19(25)24-28(26,27)16-7-5-4-6-11(16)2/h4-10H,3H2,1-2H3,(H,22,23)(H,24,25). The monoisotopic (exact) mass is 405 g/mol. The van der Waals surface area contributed by atoms with Gasteiger partial charge >= 0.3 is 0 Å². The van der Waals surface area contributed by atoms with Crippen LogP contribution in [-0.4, -0.2) is 24.3 Å². The molecule has 146 valence electrons. The lowest BCUT2D eigenvalue weighted by molar-refractivity contribution is 0.0976. The van der Waals surface area contributed by atoms with E-state index in [2.05, 4.69) is 9.97 Å². The number of benzene rings is 2. The summed E-state index contributed by atoms with van der Waals surface area (Å²) in [7, 11) is -4.09. The maximum absolute atomic E-state index is 13.5. The number of carbonyl (C=O) groups is 1. The van der Waals surface area contributed by atoms with Gasteiger partial charge in [0.15, 0.2) is 17.3 Å². The Morgan fingerprint density at radius 1 is 1.14 bits per heavy atom. The number of H-pyrrole nitrogens is 1. The van der Waals surface area contributed by atoms with E-state index in [0.717, 1.165) is 12.1 Å². The molecule has 1 aromatic heterocycles. The number of sulfonamides is 1. The van der Waals surface area contributed by atoms with Crippen LogP contribution in [0.15, 0.2) is 47.4 Å². The summed E-state index contributed by atoms with van der Waals surface area (Å²) in [5.41, 5.74) is 0.967. The highest BCUT2D eigenvalue weighted by Gasteiger charge is 2.24. The van der Waals surface area contributed by atoms with Crippen molar-refractivity contribution in [1.82, 2.24) is 14.7 Å². The molecule has 0 aliphatic heterocycles. The van der Waals surface area contributed by atoms with Gasteiger partial charge in [0, 0.05) is 11.3 Å². The van der Waals surface area contributed by atoms with Gasteiger partial charge < -0.3 is 4.98 Å². The van der Waals surface area contributed by atoms with Crippen LogP contribution in [0.5, 0.6) is 0 Å². The van der Waals surface area contributed by atoms with E-state index in [1.165, 1.54) is 12.1 Å². The van der Waals surface area contributed by atoms with E-state index in [1.54, 1.807) is 32.0 Å². The number of halogens is 2. The van der Waals surface area contributed by atoms with Gasteiger partial charge in [0.25, 0.3) is 15.9 Å². The molecule has 0 saturated carbocycles. The first kappa shape index (κ1) is 19.7. The molecule has 9 heteroatoms. The number of nitrogens with zero attached hydrogens (tertiary/aromatic N) is 1. The second kappa shape index (κ2) is 7.51. The average Bonchev–Trinajstić information content (AvgIpc) is 3.08. The molecule has 0 aliphatic rings. The van der Waals surface area contributed by atoms with Crippen molar-refractivity contribution in [3.8, 4) is 11.4 Å². The Kier molecular flexibility index (Phi) is 5.28. The first-order chi connectivity index (χ1) is 13.2. The van der Waals surface area contributed by atoms with Crippen molar-refractivity contribution < 1.29 is 22.0 Å². The topological polar surface area (TPSA) is 91.9 Å². The number of hydrogen-bond donors (Lipinski definition) is 2. The fraction of sp³-hybridized carbons (Fsp3) is 0.158. The lowest BCUT2D eigenvalue weighted by Gasteiger charge is -2.08. The summed E-state index contributed by atoms with van der Waals surface area (Å²) in [6.45, 7) is 3.36. The van der Waals surface area contributed by atoms with Gasteiger partial charge in [-0.15, -0.1) is 0 Å². The molecule has 0 fully saturated rings. The predicted molar refractivity (Wildman–Crippen MR) is 99.1 cm³/mol. The highest BCUT2D eigenvalue weighted by atomic mass is 32.2. The number of carbonyl (C=O) groups excluding carboxylic acids is 1. The number of amides is 1. The molecule has 28 heavy (non-hydrogen) atoms. The van der Waals surface area contributed by atoms with E-state index in [0.29, 0.717) is 17.7 Å². The van der Waals surface area contributed by atoms with Crippen LogP contribution in [0.3, 0.4) is 0 Å². The van der Waals surface area contributed by atoms with Gasteiger partial charge in [-0.1, -0.05) is 25.1 Å². The molecule has 6 nitrogen and oxygen atoms in total. The third-order valence-corrected chi connectivity index (χ3v) is 5.64. The predicted octanol–water partition coefficient (Wildman–Crippen LogP) is 3.34. The first-order valence-electron chi connectivity index (χ1n) is 8.40. The molecule has 1 heterocycles. The van der Waals surface area contributed by atoms with Crippen LogP contribution in [0.4, 0.5) is 8.78 Å². The summed E-state index contributed by atoms with van der Waals surface area (Å²) in [4.78, 5) is 19.5. The molecule has 0 spiro atoms. The molecule has 0 radical (unpaired) electrons. The van der Waals surface area contributed by atoms with Gasteiger partial charge in [0.1, 0.15) is 5.82 Å². The van der Waals surface area contributed by atoms with Crippen molar-refractivity contribution >= 4 is 15.9 Å². The Morgan fingerprint density at radius 3 is 2.50 bits per heavy atom. The lowest BCUT2D eigenvalue weighted by atomic mass is 10.2. The smallest absolute Gasteiger partial charge is 0.285 e. The van der Waals surface area contributed by atoms with Crippen molar-refractivity contribution in [1.29, 1.82) is 0 Å². The molecule has 0 bridgehead atoms. The van der Waals surface area contributed by atoms with Crippen molar-refractivity contribution in [3.63, 3.8) is 0 Å². The van der Waals surface area contributed by atoms with Gasteiger partial charge in [-0.25, -0.2) is 26.9 Å². The number of rotatable bonds is 5. The Morgan fingerprint density at radius 2 is 1.86 bits per heavy atom. The maximum atomic E-state index is 13.5. The highest BCUT2D eigenvalue weighted by Crippen LogP contribution is 2.22. The Hall–Kier alpha value is -3.07. The number of hydrogen-bond acceptors (Lipinski definition) is 4. The first-order valence-corrected chi connectivity index (χ1v) is 9.88. The summed E-state index contributed by atoms with van der Waals surface area (Å²) < 4.78 is 53.7. The van der Waals surface area contributed by atoms with Crippen molar-refractivity contribution in [3.05, 3.63) is 71.1 Å². The zero-order chi connectivity index (χ0) is 20.5. The normalized spacial score (nSPS) is 11.4. The van der Waals surface area contributed by atoms with E-state index in [4.69, 9.17) is 0 Å². The minimum atomic E-state index is -4.09. The lowest BCUT2D eigenvalue weighted by Crippen LogP contribution is -2.32. The quantitative estimate of drug-likeness (QED) is 0.681. The van der Waals surface area contributed by atoms with Gasteiger partial charge in [-0.05, 0) is 43.2 Å². The van der Waals surface area contributed by atoms with E-state index in [9.17, 15) is 22.0 Å². The van der Waals surface area contributed by atoms with Gasteiger partial charge in [0.2, 0.25) is 0 Å². The molecule has 0 atom stereocenters. The molecule has 3 rings (SSSR count). The van der Waals surface area contributed by atoms with Crippen LogP contribution in [0.1, 0.15) is 28.7 Å². The van der Waals surface area contributed by atoms with Crippen LogP contribution in [0.2, 0.25) is 0 Å². The van der Waals surface area contributed by atoms with Gasteiger partial charge in [-0.3, -0.25) is 4.79 Å². The molecule has 1 amide bonds. The van der Waals surface area contributed by atoms with E-state index < -0.39 is 27.6 Å². The van der Waals surface area contributed by atoms with Crippen LogP contribution < -0.4 is 4.72 Å². The van der Waals surface area contributed by atoms with Crippen molar-refractivity contribution in [2.45, 2.75) is 25.2 Å². The summed E-state index contributed by atoms with van der Waals surface area (Å²) in [5, 5.41) is 0. The van der Waals surface area contributed by atoms with Gasteiger partial charge in [0.05, 0.1) is 4.90 Å². The fourth-order valence-electron chi connectivity index (χ4n) is 2.72. The minimum absolute atomic E-state index is 0.0160. The highest BCUT2D eigenvalue weighted by molar-refractivity contribution is 7.90. The Labute approximate surface area is 160 Å². The molecule has 3 aromatic rings. The second-order valence-electron chi connectivity index (χ2n) is 6.10. The van der Waals surface area contributed by atoms with Crippen LogP contribution in [0.25, 0.3) is 11.4 Å². The van der Waals surface area contributed by atoms with Crippen LogP contribution in [0, 0.1) is 18.6 Å². The zero-order valence-corrected chi connectivity index (χ0v) is 15.9. The maximum Gasteiger partial charge on any atom is 0.285 e. The SMILES string of the molecule is CCc1[nH]c(-c2ccc(F)c(F)c2)nc1C(=O)NS(=O)(=O)c1ccccc1C. The molecule has 2 N–H and O–H groups in total. The third-order valence-electron chi connectivity index (χ3n) is 4.15. The summed E-state index contributed by atoms with van der Waals surface area (Å²) in [6, 6.07) is 9.45. The summed E-state index contributed by atoms with van der Waals surface area (Å²) >= 11 is 0. The third kappa shape index (κ3) is 3.79.